The Morgan fingerprint density at radius 1 is 0.741 bits per heavy atom. The molecule has 0 aromatic carbocycles. The predicted octanol–water partition coefficient (Wildman–Crippen LogP) is 0.267. The molecule has 0 aliphatic carbocycles. The first-order chi connectivity index (χ1) is 12.5. The maximum atomic E-state index is 11.6. The van der Waals surface area contributed by atoms with E-state index in [1.54, 1.807) is 0 Å². The molecule has 1 saturated heterocycles. The highest BCUT2D eigenvalue weighted by molar-refractivity contribution is 6.63. The molecule has 1 aliphatic heterocycles. The van der Waals surface area contributed by atoms with Gasteiger partial charge in [-0.3, -0.25) is 24.0 Å². The van der Waals surface area contributed by atoms with Crippen molar-refractivity contribution in [3.05, 3.63) is 0 Å². The molecule has 0 unspecified atom stereocenters. The smallest absolute Gasteiger partial charge is 0.303 e. The van der Waals surface area contributed by atoms with Gasteiger partial charge in [-0.2, -0.15) is 0 Å². The normalized spacial score (nSPS) is 27.2. The molecule has 0 saturated carbocycles. The van der Waals surface area contributed by atoms with E-state index in [0.717, 1.165) is 27.7 Å². The zero-order valence-corrected chi connectivity index (χ0v) is 16.0. The van der Waals surface area contributed by atoms with Crippen LogP contribution in [0.15, 0.2) is 0 Å². The fourth-order valence-corrected chi connectivity index (χ4v) is 2.79. The molecular formula is C16H21ClO10. The number of carbonyl (C=O) groups excluding carboxylic acids is 5. The van der Waals surface area contributed by atoms with E-state index in [1.165, 1.54) is 0 Å². The van der Waals surface area contributed by atoms with Crippen molar-refractivity contribution in [1.82, 2.24) is 0 Å². The maximum Gasteiger partial charge on any atom is 0.303 e. The summed E-state index contributed by atoms with van der Waals surface area (Å²) in [5.41, 5.74) is 0. The van der Waals surface area contributed by atoms with Gasteiger partial charge in [0.25, 0.3) is 0 Å². The monoisotopic (exact) mass is 408 g/mol. The predicted molar refractivity (Wildman–Crippen MR) is 87.4 cm³/mol. The van der Waals surface area contributed by atoms with Crippen molar-refractivity contribution in [2.75, 3.05) is 6.61 Å². The quantitative estimate of drug-likeness (QED) is 0.328. The van der Waals surface area contributed by atoms with E-state index in [9.17, 15) is 24.0 Å². The first kappa shape index (κ1) is 22.8. The molecule has 0 aromatic rings. The summed E-state index contributed by atoms with van der Waals surface area (Å²) in [6, 6.07) is 0. The van der Waals surface area contributed by atoms with Gasteiger partial charge in [0.1, 0.15) is 18.8 Å². The molecular weight excluding hydrogens is 388 g/mol. The Kier molecular flexibility index (Phi) is 8.64. The van der Waals surface area contributed by atoms with Crippen LogP contribution in [0, 0.1) is 0 Å². The molecule has 0 spiro atoms. The van der Waals surface area contributed by atoms with Gasteiger partial charge >= 0.3 is 23.9 Å². The van der Waals surface area contributed by atoms with E-state index in [4.69, 9.17) is 35.3 Å². The van der Waals surface area contributed by atoms with Crippen molar-refractivity contribution in [2.45, 2.75) is 64.6 Å². The van der Waals surface area contributed by atoms with Gasteiger partial charge in [0.2, 0.25) is 5.24 Å². The lowest BCUT2D eigenvalue weighted by molar-refractivity contribution is -0.252. The summed E-state index contributed by atoms with van der Waals surface area (Å²) in [4.78, 5) is 57.0. The van der Waals surface area contributed by atoms with Gasteiger partial charge in [-0.1, -0.05) is 0 Å². The summed E-state index contributed by atoms with van der Waals surface area (Å²) in [6.45, 7) is 4.13. The Hall–Kier alpha value is -2.20. The standard InChI is InChI=1S/C16H21ClO10/c1-7(18)23-6-12-15(25-9(3)20)16(26-10(4)21)14(24-8(2)19)11(27-12)5-13(17)22/h11-12,14-16H,5-6H2,1-4H3/t11-,12+,14-,15+,16+/m0/s1. The van der Waals surface area contributed by atoms with Crippen molar-refractivity contribution in [1.29, 1.82) is 0 Å². The minimum absolute atomic E-state index is 0.356. The second kappa shape index (κ2) is 10.2. The minimum Gasteiger partial charge on any atom is -0.463 e. The van der Waals surface area contributed by atoms with Gasteiger partial charge in [0.05, 0.1) is 6.42 Å². The SMILES string of the molecule is CC(=O)OC[C@H]1O[C@@H](CC(=O)Cl)[C@H](OC(C)=O)[C@@H](OC(C)=O)[C@@H]1OC(C)=O. The van der Waals surface area contributed by atoms with Crippen LogP contribution in [-0.4, -0.2) is 66.2 Å². The number of hydrogen-bond acceptors (Lipinski definition) is 10. The van der Waals surface area contributed by atoms with Crippen LogP contribution in [0.3, 0.4) is 0 Å². The Balaban J connectivity index is 3.29. The summed E-state index contributed by atoms with van der Waals surface area (Å²) in [6.07, 6.45) is -6.42. The maximum absolute atomic E-state index is 11.6. The summed E-state index contributed by atoms with van der Waals surface area (Å²) < 4.78 is 26.1. The van der Waals surface area contributed by atoms with Gasteiger partial charge in [-0.25, -0.2) is 0 Å². The van der Waals surface area contributed by atoms with Crippen LogP contribution in [0.2, 0.25) is 0 Å². The van der Waals surface area contributed by atoms with Crippen LogP contribution in [0.25, 0.3) is 0 Å². The molecule has 27 heavy (non-hydrogen) atoms. The fraction of sp³-hybridized carbons (Fsp3) is 0.688. The minimum atomic E-state index is -1.30. The third kappa shape index (κ3) is 7.51. The van der Waals surface area contributed by atoms with Crippen molar-refractivity contribution >= 4 is 40.7 Å². The Morgan fingerprint density at radius 2 is 1.19 bits per heavy atom. The number of carbonyl (C=O) groups is 5. The van der Waals surface area contributed by atoms with Crippen LogP contribution in [0.4, 0.5) is 0 Å². The van der Waals surface area contributed by atoms with Crippen molar-refractivity contribution < 1.29 is 47.7 Å². The number of hydrogen-bond donors (Lipinski definition) is 0. The first-order valence-corrected chi connectivity index (χ1v) is 8.37. The topological polar surface area (TPSA) is 132 Å². The van der Waals surface area contributed by atoms with Gasteiger partial charge in [0.15, 0.2) is 18.3 Å². The van der Waals surface area contributed by atoms with E-state index >= 15 is 0 Å². The molecule has 0 aromatic heterocycles. The third-order valence-corrected chi connectivity index (χ3v) is 3.60. The average molecular weight is 409 g/mol. The Morgan fingerprint density at radius 3 is 1.59 bits per heavy atom. The highest BCUT2D eigenvalue weighted by Gasteiger charge is 2.52. The molecule has 0 N–H and O–H groups in total. The highest BCUT2D eigenvalue weighted by atomic mass is 35.5. The van der Waals surface area contributed by atoms with Crippen LogP contribution in [-0.2, 0) is 47.7 Å². The fourth-order valence-electron chi connectivity index (χ4n) is 2.64. The van der Waals surface area contributed by atoms with Crippen molar-refractivity contribution in [3.8, 4) is 0 Å². The zero-order valence-electron chi connectivity index (χ0n) is 15.3. The van der Waals surface area contributed by atoms with E-state index in [2.05, 4.69) is 0 Å². The summed E-state index contributed by atoms with van der Waals surface area (Å²) in [7, 11) is 0. The van der Waals surface area contributed by atoms with Crippen LogP contribution in [0.1, 0.15) is 34.1 Å². The van der Waals surface area contributed by atoms with Crippen LogP contribution < -0.4 is 0 Å². The second-order valence-corrected chi connectivity index (χ2v) is 6.22. The first-order valence-electron chi connectivity index (χ1n) is 8.00. The molecule has 1 aliphatic rings. The molecule has 1 rings (SSSR count). The van der Waals surface area contributed by atoms with Crippen LogP contribution >= 0.6 is 11.6 Å². The Bertz CT molecular complexity index is 604. The summed E-state index contributed by atoms with van der Waals surface area (Å²) in [5.74, 6) is -2.86. The lowest BCUT2D eigenvalue weighted by Crippen LogP contribution is -2.62. The molecule has 5 atom stereocenters. The third-order valence-electron chi connectivity index (χ3n) is 3.45. The number of esters is 4. The van der Waals surface area contributed by atoms with Crippen molar-refractivity contribution in [2.24, 2.45) is 0 Å². The molecule has 152 valence electrons. The molecule has 0 radical (unpaired) electrons. The lowest BCUT2D eigenvalue weighted by atomic mass is 9.93. The number of halogens is 1. The average Bonchev–Trinajstić information content (AvgIpc) is 2.49. The summed E-state index contributed by atoms with van der Waals surface area (Å²) >= 11 is 5.42. The van der Waals surface area contributed by atoms with E-state index in [-0.39, 0.29) is 13.0 Å². The number of rotatable bonds is 7. The van der Waals surface area contributed by atoms with E-state index in [1.807, 2.05) is 0 Å². The van der Waals surface area contributed by atoms with Gasteiger partial charge < -0.3 is 23.7 Å². The lowest BCUT2D eigenvalue weighted by Gasteiger charge is -2.44. The van der Waals surface area contributed by atoms with E-state index < -0.39 is 59.6 Å². The van der Waals surface area contributed by atoms with Gasteiger partial charge in [-0.05, 0) is 11.6 Å². The van der Waals surface area contributed by atoms with Crippen molar-refractivity contribution in [3.63, 3.8) is 0 Å². The molecule has 11 heteroatoms. The Labute approximate surface area is 160 Å². The largest absolute Gasteiger partial charge is 0.463 e. The van der Waals surface area contributed by atoms with Crippen LogP contribution in [0.5, 0.6) is 0 Å². The number of ether oxygens (including phenoxy) is 5. The van der Waals surface area contributed by atoms with Gasteiger partial charge in [-0.15, -0.1) is 0 Å². The van der Waals surface area contributed by atoms with Gasteiger partial charge in [0, 0.05) is 27.7 Å². The molecule has 1 fully saturated rings. The summed E-state index contributed by atoms with van der Waals surface area (Å²) in [5, 5.41) is -0.795. The molecule has 10 nitrogen and oxygen atoms in total. The second-order valence-electron chi connectivity index (χ2n) is 5.80. The molecule has 0 amide bonds. The molecule has 1 heterocycles. The highest BCUT2D eigenvalue weighted by Crippen LogP contribution is 2.31. The van der Waals surface area contributed by atoms with E-state index in [0.29, 0.717) is 0 Å². The molecule has 0 bridgehead atoms. The zero-order chi connectivity index (χ0) is 20.7.